The Hall–Kier alpha value is -2.03. The molecule has 0 radical (unpaired) electrons. The summed E-state index contributed by atoms with van der Waals surface area (Å²) < 4.78 is 11.2. The van der Waals surface area contributed by atoms with E-state index in [1.54, 1.807) is 6.20 Å². The molecule has 7 heteroatoms. The van der Waals surface area contributed by atoms with Crippen molar-refractivity contribution in [2.24, 2.45) is 10.7 Å². The van der Waals surface area contributed by atoms with Gasteiger partial charge in [0.05, 0.1) is 13.2 Å². The third-order valence-electron chi connectivity index (χ3n) is 3.52. The molecule has 25 heavy (non-hydrogen) atoms. The summed E-state index contributed by atoms with van der Waals surface area (Å²) in [5.41, 5.74) is 6.84. The molecule has 6 nitrogen and oxygen atoms in total. The van der Waals surface area contributed by atoms with Gasteiger partial charge in [-0.25, -0.2) is 9.98 Å². The summed E-state index contributed by atoms with van der Waals surface area (Å²) in [6, 6.07) is 11.7. The van der Waals surface area contributed by atoms with Crippen LogP contribution in [0.5, 0.6) is 17.4 Å². The highest BCUT2D eigenvalue weighted by molar-refractivity contribution is 14.0. The summed E-state index contributed by atoms with van der Waals surface area (Å²) in [5, 5.41) is 3.16. The number of hydrogen-bond acceptors (Lipinski definition) is 4. The van der Waals surface area contributed by atoms with Crippen molar-refractivity contribution in [3.63, 3.8) is 0 Å². The van der Waals surface area contributed by atoms with Gasteiger partial charge in [-0.3, -0.25) is 0 Å². The van der Waals surface area contributed by atoms with E-state index in [-0.39, 0.29) is 24.0 Å². The molecule has 0 aliphatic heterocycles. The maximum atomic E-state index is 5.84. The van der Waals surface area contributed by atoms with E-state index in [4.69, 9.17) is 15.2 Å². The van der Waals surface area contributed by atoms with Gasteiger partial charge in [0.1, 0.15) is 11.5 Å². The van der Waals surface area contributed by atoms with Gasteiger partial charge in [-0.15, -0.1) is 24.0 Å². The molecule has 0 bridgehead atoms. The fourth-order valence-corrected chi connectivity index (χ4v) is 2.15. The third-order valence-corrected chi connectivity index (χ3v) is 3.52. The Morgan fingerprint density at radius 1 is 1.24 bits per heavy atom. The maximum Gasteiger partial charge on any atom is 0.219 e. The van der Waals surface area contributed by atoms with Crippen LogP contribution >= 0.6 is 24.0 Å². The third kappa shape index (κ3) is 6.41. The monoisotopic (exact) mass is 454 g/mol. The molecule has 1 aromatic heterocycles. The van der Waals surface area contributed by atoms with Gasteiger partial charge >= 0.3 is 0 Å². The normalized spacial score (nSPS) is 13.7. The number of ether oxygens (including phenoxy) is 2. The van der Waals surface area contributed by atoms with Gasteiger partial charge in [0.2, 0.25) is 5.88 Å². The van der Waals surface area contributed by atoms with E-state index in [0.29, 0.717) is 36.8 Å². The average Bonchev–Trinajstić information content (AvgIpc) is 3.39. The van der Waals surface area contributed by atoms with Crippen molar-refractivity contribution in [2.75, 3.05) is 6.61 Å². The van der Waals surface area contributed by atoms with E-state index in [1.807, 2.05) is 43.3 Å². The molecular formula is C18H23IN4O2. The highest BCUT2D eigenvalue weighted by Gasteiger charge is 2.21. The predicted octanol–water partition coefficient (Wildman–Crippen LogP) is 3.46. The lowest BCUT2D eigenvalue weighted by atomic mass is 10.2. The number of nitrogens with zero attached hydrogens (tertiary/aromatic N) is 2. The first kappa shape index (κ1) is 19.3. The van der Waals surface area contributed by atoms with E-state index >= 15 is 0 Å². The van der Waals surface area contributed by atoms with Gasteiger partial charge < -0.3 is 20.5 Å². The molecule has 1 heterocycles. The maximum absolute atomic E-state index is 5.84. The second-order valence-corrected chi connectivity index (χ2v) is 5.63. The molecular weight excluding hydrogens is 431 g/mol. The second kappa shape index (κ2) is 9.45. The van der Waals surface area contributed by atoms with E-state index in [9.17, 15) is 0 Å². The Balaban J connectivity index is 0.00000225. The van der Waals surface area contributed by atoms with Crippen molar-refractivity contribution in [2.45, 2.75) is 32.4 Å². The van der Waals surface area contributed by atoms with Crippen LogP contribution in [0.25, 0.3) is 0 Å². The Morgan fingerprint density at radius 2 is 1.96 bits per heavy atom. The van der Waals surface area contributed by atoms with Crippen LogP contribution in [0.2, 0.25) is 0 Å². The smallest absolute Gasteiger partial charge is 0.219 e. The lowest BCUT2D eigenvalue weighted by Gasteiger charge is -2.08. The fourth-order valence-electron chi connectivity index (χ4n) is 2.15. The molecule has 134 valence electrons. The highest BCUT2D eigenvalue weighted by Crippen LogP contribution is 2.23. The minimum atomic E-state index is 0. The van der Waals surface area contributed by atoms with E-state index in [2.05, 4.69) is 15.3 Å². The van der Waals surface area contributed by atoms with Crippen molar-refractivity contribution in [1.29, 1.82) is 0 Å². The number of nitrogens with two attached hydrogens (primary N) is 1. The zero-order chi connectivity index (χ0) is 16.8. The molecule has 1 fully saturated rings. The van der Waals surface area contributed by atoms with Crippen LogP contribution in [-0.4, -0.2) is 23.6 Å². The van der Waals surface area contributed by atoms with Crippen molar-refractivity contribution in [1.82, 2.24) is 10.3 Å². The van der Waals surface area contributed by atoms with Crippen molar-refractivity contribution >= 4 is 29.9 Å². The van der Waals surface area contributed by atoms with Gasteiger partial charge in [-0.1, -0.05) is 0 Å². The molecule has 0 amide bonds. The highest BCUT2D eigenvalue weighted by atomic mass is 127. The number of nitrogens with one attached hydrogen (secondary N) is 1. The van der Waals surface area contributed by atoms with Crippen molar-refractivity contribution in [3.05, 3.63) is 48.2 Å². The zero-order valence-corrected chi connectivity index (χ0v) is 16.5. The average molecular weight is 454 g/mol. The topological polar surface area (TPSA) is 81.8 Å². The van der Waals surface area contributed by atoms with Crippen molar-refractivity contribution in [3.8, 4) is 17.4 Å². The molecule has 1 aromatic carbocycles. The van der Waals surface area contributed by atoms with Gasteiger partial charge in [-0.05, 0) is 55.7 Å². The largest absolute Gasteiger partial charge is 0.494 e. The summed E-state index contributed by atoms with van der Waals surface area (Å²) in [7, 11) is 0. The van der Waals surface area contributed by atoms with E-state index < -0.39 is 0 Å². The Morgan fingerprint density at radius 3 is 2.64 bits per heavy atom. The van der Waals surface area contributed by atoms with Gasteiger partial charge in [0, 0.05) is 18.3 Å². The van der Waals surface area contributed by atoms with Crippen LogP contribution < -0.4 is 20.5 Å². The van der Waals surface area contributed by atoms with Crippen LogP contribution in [0.1, 0.15) is 25.3 Å². The number of aromatic nitrogens is 1. The molecule has 3 rings (SSSR count). The first-order valence-electron chi connectivity index (χ1n) is 8.15. The summed E-state index contributed by atoms with van der Waals surface area (Å²) in [6.07, 6.45) is 4.05. The minimum Gasteiger partial charge on any atom is -0.494 e. The zero-order valence-electron chi connectivity index (χ0n) is 14.1. The number of aliphatic imine (C=N–C) groups is 1. The number of pyridine rings is 1. The molecule has 0 atom stereocenters. The molecule has 1 aliphatic carbocycles. The molecule has 2 aromatic rings. The molecule has 0 saturated heterocycles. The van der Waals surface area contributed by atoms with Crippen LogP contribution in [0.3, 0.4) is 0 Å². The predicted molar refractivity (Wildman–Crippen MR) is 109 cm³/mol. The molecule has 1 aliphatic rings. The number of rotatable bonds is 7. The lowest BCUT2D eigenvalue weighted by molar-refractivity contribution is 0.339. The summed E-state index contributed by atoms with van der Waals surface area (Å²) in [6.45, 7) is 3.09. The molecule has 0 unspecified atom stereocenters. The molecule has 1 saturated carbocycles. The molecule has 3 N–H and O–H groups in total. The fraction of sp³-hybridized carbons (Fsp3) is 0.333. The quantitative estimate of drug-likeness (QED) is 0.381. The Kier molecular flexibility index (Phi) is 7.30. The van der Waals surface area contributed by atoms with Gasteiger partial charge in [-0.2, -0.15) is 0 Å². The number of halogens is 1. The number of benzene rings is 1. The van der Waals surface area contributed by atoms with Gasteiger partial charge in [0.25, 0.3) is 0 Å². The first-order chi connectivity index (χ1) is 11.7. The first-order valence-corrected chi connectivity index (χ1v) is 8.15. The van der Waals surface area contributed by atoms with Gasteiger partial charge in [0.15, 0.2) is 5.96 Å². The standard InChI is InChI=1S/C18H22N4O2.HI/c1-2-23-15-5-7-16(8-6-15)24-17-11-13(9-10-20-17)12-21-18(19)22-14-3-4-14;/h5-11,14H,2-4,12H2,1H3,(H3,19,21,22);1H. The number of guanidine groups is 1. The van der Waals surface area contributed by atoms with Crippen LogP contribution in [0, 0.1) is 0 Å². The Labute approximate surface area is 164 Å². The van der Waals surface area contributed by atoms with E-state index in [0.717, 1.165) is 11.3 Å². The summed E-state index contributed by atoms with van der Waals surface area (Å²) in [5.74, 6) is 2.55. The van der Waals surface area contributed by atoms with Crippen molar-refractivity contribution < 1.29 is 9.47 Å². The van der Waals surface area contributed by atoms with Crippen LogP contribution in [0.4, 0.5) is 0 Å². The lowest BCUT2D eigenvalue weighted by Crippen LogP contribution is -2.33. The number of hydrogen-bond donors (Lipinski definition) is 2. The minimum absolute atomic E-state index is 0. The second-order valence-electron chi connectivity index (χ2n) is 5.63. The van der Waals surface area contributed by atoms with E-state index in [1.165, 1.54) is 12.8 Å². The Bertz CT molecular complexity index is 702. The SMILES string of the molecule is CCOc1ccc(Oc2cc(CN=C(N)NC3CC3)ccn2)cc1.I. The van der Waals surface area contributed by atoms with Crippen LogP contribution in [-0.2, 0) is 6.54 Å². The molecule has 0 spiro atoms. The summed E-state index contributed by atoms with van der Waals surface area (Å²) in [4.78, 5) is 8.57. The summed E-state index contributed by atoms with van der Waals surface area (Å²) >= 11 is 0. The van der Waals surface area contributed by atoms with Crippen LogP contribution in [0.15, 0.2) is 47.6 Å².